The normalized spacial score (nSPS) is 20.8. The fourth-order valence-corrected chi connectivity index (χ4v) is 4.67. The molecule has 2 saturated heterocycles. The van der Waals surface area contributed by atoms with Crippen molar-refractivity contribution in [2.75, 3.05) is 38.2 Å². The summed E-state index contributed by atoms with van der Waals surface area (Å²) in [5.41, 5.74) is 0.729. The standard InChI is InChI=1S/C21H32N2O2S/c1-17(16-26-2)22-14-10-18(11-15-22)25-20-9-5-4-8-19(20)21(24)23-12-6-3-7-13-23/h4-5,8-9,17-18H,3,6-7,10-16H2,1-2H3. The number of hydrogen-bond acceptors (Lipinski definition) is 4. The number of ether oxygens (including phenoxy) is 1. The van der Waals surface area contributed by atoms with Gasteiger partial charge in [0.1, 0.15) is 11.9 Å². The SMILES string of the molecule is CSCC(C)N1CCC(Oc2ccccc2C(=O)N2CCCCC2)CC1. The molecule has 1 aromatic rings. The predicted molar refractivity (Wildman–Crippen MR) is 109 cm³/mol. The van der Waals surface area contributed by atoms with Crippen LogP contribution in [0.4, 0.5) is 0 Å². The lowest BCUT2D eigenvalue weighted by Gasteiger charge is -2.36. The molecule has 0 spiro atoms. The van der Waals surface area contributed by atoms with E-state index in [9.17, 15) is 4.79 Å². The molecule has 2 fully saturated rings. The second-order valence-corrected chi connectivity index (χ2v) is 8.42. The van der Waals surface area contributed by atoms with Crippen LogP contribution >= 0.6 is 11.8 Å². The molecule has 0 bridgehead atoms. The molecule has 2 aliphatic rings. The van der Waals surface area contributed by atoms with E-state index in [1.807, 2.05) is 40.9 Å². The smallest absolute Gasteiger partial charge is 0.257 e. The monoisotopic (exact) mass is 376 g/mol. The maximum Gasteiger partial charge on any atom is 0.257 e. The van der Waals surface area contributed by atoms with Crippen LogP contribution < -0.4 is 4.74 Å². The van der Waals surface area contributed by atoms with Gasteiger partial charge in [-0.3, -0.25) is 9.69 Å². The molecule has 5 heteroatoms. The van der Waals surface area contributed by atoms with E-state index in [4.69, 9.17) is 4.74 Å². The molecule has 4 nitrogen and oxygen atoms in total. The molecule has 0 N–H and O–H groups in total. The van der Waals surface area contributed by atoms with Crippen molar-refractivity contribution in [1.82, 2.24) is 9.80 Å². The fraction of sp³-hybridized carbons (Fsp3) is 0.667. The van der Waals surface area contributed by atoms with E-state index in [1.165, 1.54) is 12.2 Å². The topological polar surface area (TPSA) is 32.8 Å². The number of thioether (sulfide) groups is 1. The van der Waals surface area contributed by atoms with Gasteiger partial charge in [-0.2, -0.15) is 11.8 Å². The quantitative estimate of drug-likeness (QED) is 0.754. The van der Waals surface area contributed by atoms with E-state index in [0.29, 0.717) is 6.04 Å². The Bertz CT molecular complexity index is 581. The molecule has 1 amide bonds. The number of likely N-dealkylation sites (tertiary alicyclic amines) is 2. The minimum atomic E-state index is 0.131. The molecule has 1 aromatic carbocycles. The van der Waals surface area contributed by atoms with Crippen LogP contribution in [0.3, 0.4) is 0 Å². The van der Waals surface area contributed by atoms with Crippen LogP contribution in [-0.4, -0.2) is 66.0 Å². The van der Waals surface area contributed by atoms with Gasteiger partial charge in [0.05, 0.1) is 5.56 Å². The zero-order valence-electron chi connectivity index (χ0n) is 16.2. The van der Waals surface area contributed by atoms with Gasteiger partial charge in [0.15, 0.2) is 0 Å². The summed E-state index contributed by atoms with van der Waals surface area (Å²) in [5, 5.41) is 0. The number of carbonyl (C=O) groups excluding carboxylic acids is 1. The van der Waals surface area contributed by atoms with Crippen LogP contribution in [0, 0.1) is 0 Å². The molecule has 3 rings (SSSR count). The summed E-state index contributed by atoms with van der Waals surface area (Å²) < 4.78 is 6.31. The first kappa shape index (κ1) is 19.6. The van der Waals surface area contributed by atoms with Gasteiger partial charge in [-0.1, -0.05) is 12.1 Å². The molecule has 0 saturated carbocycles. The van der Waals surface area contributed by atoms with E-state index < -0.39 is 0 Å². The van der Waals surface area contributed by atoms with Crippen LogP contribution in [-0.2, 0) is 0 Å². The Kier molecular flexibility index (Phi) is 7.26. The largest absolute Gasteiger partial charge is 0.489 e. The van der Waals surface area contributed by atoms with Crippen LogP contribution in [0.1, 0.15) is 49.4 Å². The molecule has 2 heterocycles. The summed E-state index contributed by atoms with van der Waals surface area (Å²) in [7, 11) is 0. The van der Waals surface area contributed by atoms with Gasteiger partial charge in [-0.15, -0.1) is 0 Å². The first-order chi connectivity index (χ1) is 12.7. The van der Waals surface area contributed by atoms with Crippen LogP contribution in [0.15, 0.2) is 24.3 Å². The number of amides is 1. The molecule has 0 radical (unpaired) electrons. The third kappa shape index (κ3) is 4.95. The summed E-state index contributed by atoms with van der Waals surface area (Å²) in [4.78, 5) is 17.5. The van der Waals surface area contributed by atoms with Crippen molar-refractivity contribution < 1.29 is 9.53 Å². The number of piperidine rings is 2. The minimum absolute atomic E-state index is 0.131. The Balaban J connectivity index is 1.60. The van der Waals surface area contributed by atoms with Crippen molar-refractivity contribution in [3.05, 3.63) is 29.8 Å². The molecule has 1 unspecified atom stereocenters. The van der Waals surface area contributed by atoms with Gasteiger partial charge in [0, 0.05) is 38.0 Å². The van der Waals surface area contributed by atoms with E-state index in [2.05, 4.69) is 18.1 Å². The highest BCUT2D eigenvalue weighted by atomic mass is 32.2. The van der Waals surface area contributed by atoms with Crippen molar-refractivity contribution >= 4 is 17.7 Å². The lowest BCUT2D eigenvalue weighted by Crippen LogP contribution is -2.44. The highest BCUT2D eigenvalue weighted by Gasteiger charge is 2.26. The Morgan fingerprint density at radius 3 is 2.54 bits per heavy atom. The molecule has 26 heavy (non-hydrogen) atoms. The molecule has 2 aliphatic heterocycles. The average Bonchev–Trinajstić information content (AvgIpc) is 2.69. The van der Waals surface area contributed by atoms with E-state index in [1.54, 1.807) is 0 Å². The zero-order chi connectivity index (χ0) is 18.4. The molecule has 1 atom stereocenters. The summed E-state index contributed by atoms with van der Waals surface area (Å²) in [6.45, 7) is 6.21. The van der Waals surface area contributed by atoms with Crippen molar-refractivity contribution in [3.8, 4) is 5.75 Å². The van der Waals surface area contributed by atoms with Crippen molar-refractivity contribution in [2.24, 2.45) is 0 Å². The number of benzene rings is 1. The molecular weight excluding hydrogens is 344 g/mol. The predicted octanol–water partition coefficient (Wildman–Crippen LogP) is 3.91. The summed E-state index contributed by atoms with van der Waals surface area (Å²) >= 11 is 1.91. The zero-order valence-corrected chi connectivity index (χ0v) is 17.0. The summed E-state index contributed by atoms with van der Waals surface area (Å²) in [6.07, 6.45) is 7.90. The van der Waals surface area contributed by atoms with Crippen LogP contribution in [0.25, 0.3) is 0 Å². The van der Waals surface area contributed by atoms with E-state index in [0.717, 1.165) is 63.2 Å². The summed E-state index contributed by atoms with van der Waals surface area (Å²) in [5.74, 6) is 2.07. The Morgan fingerprint density at radius 1 is 1.15 bits per heavy atom. The van der Waals surface area contributed by atoms with Crippen molar-refractivity contribution in [3.63, 3.8) is 0 Å². The van der Waals surface area contributed by atoms with Gasteiger partial charge in [0.25, 0.3) is 5.91 Å². The summed E-state index contributed by atoms with van der Waals surface area (Å²) in [6, 6.07) is 8.41. The number of rotatable bonds is 6. The highest BCUT2D eigenvalue weighted by Crippen LogP contribution is 2.26. The Hall–Kier alpha value is -1.20. The maximum atomic E-state index is 12.9. The van der Waals surface area contributed by atoms with Crippen molar-refractivity contribution in [1.29, 1.82) is 0 Å². The maximum absolute atomic E-state index is 12.9. The van der Waals surface area contributed by atoms with Gasteiger partial charge in [-0.05, 0) is 57.4 Å². The Morgan fingerprint density at radius 2 is 1.85 bits per heavy atom. The highest BCUT2D eigenvalue weighted by molar-refractivity contribution is 7.98. The number of carbonyl (C=O) groups is 1. The van der Waals surface area contributed by atoms with Crippen molar-refractivity contribution in [2.45, 2.75) is 51.2 Å². The second-order valence-electron chi connectivity index (χ2n) is 7.51. The number of nitrogens with zero attached hydrogens (tertiary/aromatic N) is 2. The molecular formula is C21H32N2O2S. The number of hydrogen-bond donors (Lipinski definition) is 0. The van der Waals surface area contributed by atoms with Gasteiger partial charge in [-0.25, -0.2) is 0 Å². The van der Waals surface area contributed by atoms with Crippen LogP contribution in [0.2, 0.25) is 0 Å². The second kappa shape index (κ2) is 9.65. The van der Waals surface area contributed by atoms with Gasteiger partial charge in [0.2, 0.25) is 0 Å². The van der Waals surface area contributed by atoms with Crippen LogP contribution in [0.5, 0.6) is 5.75 Å². The molecule has 0 aliphatic carbocycles. The lowest BCUT2D eigenvalue weighted by atomic mass is 10.1. The fourth-order valence-electron chi connectivity index (χ4n) is 3.97. The van der Waals surface area contributed by atoms with Gasteiger partial charge >= 0.3 is 0 Å². The van der Waals surface area contributed by atoms with Gasteiger partial charge < -0.3 is 9.64 Å². The first-order valence-corrected chi connectivity index (χ1v) is 11.4. The first-order valence-electron chi connectivity index (χ1n) is 9.97. The third-order valence-electron chi connectivity index (χ3n) is 5.56. The van der Waals surface area contributed by atoms with E-state index >= 15 is 0 Å². The third-order valence-corrected chi connectivity index (χ3v) is 6.38. The lowest BCUT2D eigenvalue weighted by molar-refractivity contribution is 0.0693. The minimum Gasteiger partial charge on any atom is -0.489 e. The molecule has 0 aromatic heterocycles. The average molecular weight is 377 g/mol. The Labute approximate surface area is 162 Å². The molecule has 144 valence electrons. The van der Waals surface area contributed by atoms with E-state index in [-0.39, 0.29) is 12.0 Å². The number of para-hydroxylation sites is 1.